The molecule has 1 aliphatic rings. The molecule has 0 aromatic heterocycles. The summed E-state index contributed by atoms with van der Waals surface area (Å²) in [5.74, 6) is -1.52. The average molecular weight is 983 g/mol. The van der Waals surface area contributed by atoms with Crippen molar-refractivity contribution < 1.29 is 39.1 Å². The van der Waals surface area contributed by atoms with Crippen molar-refractivity contribution in [2.24, 2.45) is 22.1 Å². The Morgan fingerprint density at radius 1 is 0.493 bits per heavy atom. The Hall–Kier alpha value is -7.54. The number of hydrogen-bond donors (Lipinski definition) is 2. The first kappa shape index (κ1) is 53.3. The summed E-state index contributed by atoms with van der Waals surface area (Å²) in [7, 11) is 0. The molecule has 0 saturated carbocycles. The molecule has 6 aromatic rings. The number of anilines is 4. The smallest absolute Gasteiger partial charge is 0.396 e. The van der Waals surface area contributed by atoms with Gasteiger partial charge in [-0.15, -0.1) is 0 Å². The molecule has 2 atom stereocenters. The summed E-state index contributed by atoms with van der Waals surface area (Å²) in [5.41, 5.74) is 5.07. The quantitative estimate of drug-likeness (QED) is 0.0262. The van der Waals surface area contributed by atoms with Gasteiger partial charge >= 0.3 is 12.2 Å². The highest BCUT2D eigenvalue weighted by Crippen LogP contribution is 2.53. The molecule has 0 spiro atoms. The molecule has 378 valence electrons. The van der Waals surface area contributed by atoms with E-state index in [1.54, 1.807) is 72.8 Å². The van der Waals surface area contributed by atoms with Crippen LogP contribution < -0.4 is 9.80 Å². The van der Waals surface area contributed by atoms with Crippen molar-refractivity contribution in [3.63, 3.8) is 0 Å². The predicted octanol–water partition coefficient (Wildman–Crippen LogP) is 14.2. The number of aliphatic hydroxyl groups excluding tert-OH is 2. The number of unbranched alkanes of at least 4 members (excludes halogenated alkanes) is 2. The van der Waals surface area contributed by atoms with Crippen LogP contribution >= 0.6 is 0 Å². The number of hydrogen-bond acceptors (Lipinski definition) is 10. The van der Waals surface area contributed by atoms with Crippen LogP contribution in [0.3, 0.4) is 0 Å². The maximum Gasteiger partial charge on any atom is 0.445 e. The monoisotopic (exact) mass is 982 g/mol. The minimum Gasteiger partial charge on any atom is -0.396 e. The van der Waals surface area contributed by atoms with Crippen LogP contribution in [0.15, 0.2) is 168 Å². The number of fused-ring (bicyclic) bond motifs is 3. The molecule has 0 aliphatic heterocycles. The van der Waals surface area contributed by atoms with Crippen LogP contribution in [0.2, 0.25) is 0 Å². The molecule has 0 radical (unpaired) electrons. The van der Waals surface area contributed by atoms with E-state index in [1.165, 1.54) is 9.80 Å². The van der Waals surface area contributed by atoms with Gasteiger partial charge in [0.25, 0.3) is 0 Å². The molecule has 12 heteroatoms. The van der Waals surface area contributed by atoms with E-state index in [0.717, 1.165) is 36.8 Å². The predicted molar refractivity (Wildman–Crippen MR) is 289 cm³/mol. The molecule has 1 aliphatic carbocycles. The van der Waals surface area contributed by atoms with Gasteiger partial charge in [0.1, 0.15) is 11.4 Å². The third-order valence-electron chi connectivity index (χ3n) is 13.9. The molecular weight excluding hydrogens is 917 g/mol. The van der Waals surface area contributed by atoms with E-state index in [-0.39, 0.29) is 49.3 Å². The summed E-state index contributed by atoms with van der Waals surface area (Å²) in [6.45, 7) is 7.72. The number of aliphatic hydroxyl groups is 2. The van der Waals surface area contributed by atoms with E-state index in [1.807, 2.05) is 98.8 Å². The second-order valence-electron chi connectivity index (χ2n) is 18.4. The zero-order valence-corrected chi connectivity index (χ0v) is 42.3. The molecule has 2 unspecified atom stereocenters. The van der Waals surface area contributed by atoms with Crippen LogP contribution in [0.5, 0.6) is 0 Å². The average Bonchev–Trinajstić information content (AvgIpc) is 3.69. The number of ketones is 2. The molecule has 0 fully saturated rings. The van der Waals surface area contributed by atoms with Gasteiger partial charge in [-0.25, -0.2) is 19.4 Å². The number of carbonyl (C=O) groups is 4. The van der Waals surface area contributed by atoms with Crippen molar-refractivity contribution in [1.29, 1.82) is 0 Å². The van der Waals surface area contributed by atoms with Crippen LogP contribution in [0.4, 0.5) is 32.3 Å². The Labute approximate surface area is 429 Å². The first-order valence-electron chi connectivity index (χ1n) is 25.6. The van der Waals surface area contributed by atoms with E-state index in [9.17, 15) is 19.8 Å². The van der Waals surface area contributed by atoms with Crippen LogP contribution in [0.25, 0.3) is 11.1 Å². The molecular formula is C61H66N4O8. The van der Waals surface area contributed by atoms with Crippen molar-refractivity contribution in [2.45, 2.75) is 97.3 Å². The van der Waals surface area contributed by atoms with Gasteiger partial charge in [-0.05, 0) is 121 Å². The van der Waals surface area contributed by atoms with Crippen LogP contribution in [-0.2, 0) is 15.1 Å². The minimum atomic E-state index is -0.854. The van der Waals surface area contributed by atoms with E-state index in [0.29, 0.717) is 70.7 Å². The standard InChI is InChI=1S/C61H66N4O8/c1-5-9-23-43(7-3)55(62-72-59(70)64(47-25-15-11-16-26-47)48-27-17-12-18-28-48)57(68)45-33-35-53-51(41-45)52-42-46(34-36-54(52)61(53,37-39-66)38-40-67)58(69)56(44(8-4)24-10-6-2)63-73-60(71)65(49-29-19-13-20-30-49)50-31-21-14-22-32-50/h11-22,25-36,41-44,66-67H,5-10,23-24,37-40H2,1-4H3/b62-55+,63-56+. The van der Waals surface area contributed by atoms with Crippen molar-refractivity contribution in [1.82, 2.24) is 0 Å². The summed E-state index contributed by atoms with van der Waals surface area (Å²) >= 11 is 0. The molecule has 7 rings (SSSR count). The summed E-state index contributed by atoms with van der Waals surface area (Å²) in [6.07, 6.45) is 4.76. The van der Waals surface area contributed by atoms with Gasteiger partial charge < -0.3 is 10.2 Å². The molecule has 6 aromatic carbocycles. The lowest BCUT2D eigenvalue weighted by molar-refractivity contribution is 0.104. The second-order valence-corrected chi connectivity index (χ2v) is 18.4. The zero-order valence-electron chi connectivity index (χ0n) is 42.3. The summed E-state index contributed by atoms with van der Waals surface area (Å²) in [5, 5.41) is 30.0. The molecule has 0 saturated heterocycles. The Morgan fingerprint density at radius 2 is 0.822 bits per heavy atom. The Bertz CT molecular complexity index is 2600. The highest BCUT2D eigenvalue weighted by Gasteiger charge is 2.43. The summed E-state index contributed by atoms with van der Waals surface area (Å²) in [4.78, 5) is 72.5. The van der Waals surface area contributed by atoms with Crippen LogP contribution in [0, 0.1) is 11.8 Å². The molecule has 2 amide bonds. The Morgan fingerprint density at radius 3 is 1.11 bits per heavy atom. The number of benzene rings is 6. The highest BCUT2D eigenvalue weighted by atomic mass is 16.7. The Balaban J connectivity index is 1.29. The topological polar surface area (TPSA) is 158 Å². The van der Waals surface area contributed by atoms with Gasteiger partial charge in [-0.3, -0.25) is 19.3 Å². The fourth-order valence-corrected chi connectivity index (χ4v) is 10.00. The molecule has 12 nitrogen and oxygen atoms in total. The van der Waals surface area contributed by atoms with E-state index >= 15 is 9.59 Å². The first-order valence-corrected chi connectivity index (χ1v) is 25.6. The molecule has 0 bridgehead atoms. The van der Waals surface area contributed by atoms with Crippen molar-refractivity contribution in [2.75, 3.05) is 23.0 Å². The SMILES string of the molecule is CCCCC(CC)/C(=N\OC(=O)N(c1ccccc1)c1ccccc1)C(=O)c1ccc2c(c1)-c1cc(C(=O)/C(=N/OC(=O)N(c3ccccc3)c3ccccc3)C(CC)CCCC)ccc1C2(CCO)CCO. The third-order valence-corrected chi connectivity index (χ3v) is 13.9. The largest absolute Gasteiger partial charge is 0.445 e. The fraction of sp³-hybridized carbons (Fsp3) is 0.311. The van der Waals surface area contributed by atoms with Gasteiger partial charge in [0.05, 0.1) is 22.7 Å². The summed E-state index contributed by atoms with van der Waals surface area (Å²) in [6, 6.07) is 47.0. The lowest BCUT2D eigenvalue weighted by Gasteiger charge is -2.31. The molecule has 73 heavy (non-hydrogen) atoms. The normalized spacial score (nSPS) is 13.6. The maximum absolute atomic E-state index is 15.0. The highest BCUT2D eigenvalue weighted by molar-refractivity contribution is 6.47. The van der Waals surface area contributed by atoms with E-state index in [4.69, 9.17) is 9.68 Å². The summed E-state index contributed by atoms with van der Waals surface area (Å²) < 4.78 is 0. The number of oxime groups is 2. The van der Waals surface area contributed by atoms with Crippen molar-refractivity contribution >= 4 is 57.9 Å². The number of carbonyl (C=O) groups excluding carboxylic acids is 4. The van der Waals surface area contributed by atoms with Crippen LogP contribution in [0.1, 0.15) is 124 Å². The van der Waals surface area contributed by atoms with Crippen molar-refractivity contribution in [3.05, 3.63) is 180 Å². The van der Waals surface area contributed by atoms with Gasteiger partial charge in [0, 0.05) is 41.6 Å². The van der Waals surface area contributed by atoms with Gasteiger partial charge in [0.15, 0.2) is 0 Å². The number of nitrogens with zero attached hydrogens (tertiary/aromatic N) is 4. The number of para-hydroxylation sites is 4. The lowest BCUT2D eigenvalue weighted by atomic mass is 9.73. The van der Waals surface area contributed by atoms with Gasteiger partial charge in [-0.2, -0.15) is 0 Å². The van der Waals surface area contributed by atoms with E-state index in [2.05, 4.69) is 24.2 Å². The Kier molecular flexibility index (Phi) is 18.8. The number of amides is 2. The molecule has 0 heterocycles. The third kappa shape index (κ3) is 12.1. The number of rotatable bonds is 24. The van der Waals surface area contributed by atoms with Crippen molar-refractivity contribution in [3.8, 4) is 11.1 Å². The lowest BCUT2D eigenvalue weighted by Crippen LogP contribution is -2.29. The number of Topliss-reactive ketones (excluding diaryl/α,β-unsaturated/α-hetero) is 2. The fourth-order valence-electron chi connectivity index (χ4n) is 10.00. The van der Waals surface area contributed by atoms with Crippen LogP contribution in [-0.4, -0.2) is 58.6 Å². The second kappa shape index (κ2) is 25.7. The molecule has 2 N–H and O–H groups in total. The first-order chi connectivity index (χ1) is 35.6. The maximum atomic E-state index is 15.0. The van der Waals surface area contributed by atoms with Gasteiger partial charge in [-0.1, -0.05) is 161 Å². The van der Waals surface area contributed by atoms with Gasteiger partial charge in [0.2, 0.25) is 11.6 Å². The minimum absolute atomic E-state index is 0.107. The zero-order chi connectivity index (χ0) is 51.7. The van der Waals surface area contributed by atoms with E-state index < -0.39 is 29.2 Å².